The predicted octanol–water partition coefficient (Wildman–Crippen LogP) is 0.588. The molecule has 0 rings (SSSR count). The average Bonchev–Trinajstić information content (AvgIpc) is 2.37. The Kier molecular flexibility index (Phi) is 11.0. The zero-order valence-electron chi connectivity index (χ0n) is 12.1. The smallest absolute Gasteiger partial charge is 0.236 e. The fourth-order valence-corrected chi connectivity index (χ4v) is 1.79. The van der Waals surface area contributed by atoms with Crippen molar-refractivity contribution in [3.05, 3.63) is 0 Å². The SMILES string of the molecule is CCCN(CC)CCNC(=O)C(N)CCCOC. The van der Waals surface area contributed by atoms with Crippen molar-refractivity contribution in [2.75, 3.05) is 39.9 Å². The third-order valence-corrected chi connectivity index (χ3v) is 2.91. The highest BCUT2D eigenvalue weighted by Crippen LogP contribution is 1.95. The third-order valence-electron chi connectivity index (χ3n) is 2.91. The van der Waals surface area contributed by atoms with Gasteiger partial charge in [0.25, 0.3) is 0 Å². The summed E-state index contributed by atoms with van der Waals surface area (Å²) in [6.07, 6.45) is 2.63. The number of rotatable bonds is 11. The van der Waals surface area contributed by atoms with Gasteiger partial charge in [0.1, 0.15) is 0 Å². The number of carbonyl (C=O) groups is 1. The van der Waals surface area contributed by atoms with Gasteiger partial charge < -0.3 is 20.7 Å². The molecule has 0 heterocycles. The van der Waals surface area contributed by atoms with Gasteiger partial charge in [-0.25, -0.2) is 0 Å². The van der Waals surface area contributed by atoms with E-state index < -0.39 is 6.04 Å². The summed E-state index contributed by atoms with van der Waals surface area (Å²) in [5.41, 5.74) is 5.78. The first-order chi connectivity index (χ1) is 8.65. The van der Waals surface area contributed by atoms with E-state index in [0.29, 0.717) is 19.6 Å². The quantitative estimate of drug-likeness (QED) is 0.533. The lowest BCUT2D eigenvalue weighted by Gasteiger charge is -2.20. The summed E-state index contributed by atoms with van der Waals surface area (Å²) < 4.78 is 4.93. The Morgan fingerprint density at radius 1 is 1.39 bits per heavy atom. The van der Waals surface area contributed by atoms with E-state index in [0.717, 1.165) is 32.5 Å². The van der Waals surface area contributed by atoms with E-state index in [-0.39, 0.29) is 5.91 Å². The van der Waals surface area contributed by atoms with Crippen molar-refractivity contribution < 1.29 is 9.53 Å². The molecule has 1 amide bonds. The highest BCUT2D eigenvalue weighted by molar-refractivity contribution is 5.81. The van der Waals surface area contributed by atoms with E-state index in [2.05, 4.69) is 24.1 Å². The number of likely N-dealkylation sites (N-methyl/N-ethyl adjacent to an activating group) is 1. The van der Waals surface area contributed by atoms with Crippen LogP contribution < -0.4 is 11.1 Å². The van der Waals surface area contributed by atoms with Crippen LogP contribution in [0, 0.1) is 0 Å². The fourth-order valence-electron chi connectivity index (χ4n) is 1.79. The molecule has 108 valence electrons. The van der Waals surface area contributed by atoms with E-state index in [1.165, 1.54) is 0 Å². The topological polar surface area (TPSA) is 67.6 Å². The van der Waals surface area contributed by atoms with Crippen molar-refractivity contribution in [3.8, 4) is 0 Å². The summed E-state index contributed by atoms with van der Waals surface area (Å²) in [5, 5.41) is 2.89. The molecule has 0 saturated carbocycles. The van der Waals surface area contributed by atoms with Crippen molar-refractivity contribution >= 4 is 5.91 Å². The van der Waals surface area contributed by atoms with Crippen LogP contribution >= 0.6 is 0 Å². The lowest BCUT2D eigenvalue weighted by Crippen LogP contribution is -2.43. The Balaban J connectivity index is 3.67. The first kappa shape index (κ1) is 17.4. The van der Waals surface area contributed by atoms with E-state index in [1.54, 1.807) is 7.11 Å². The van der Waals surface area contributed by atoms with Crippen LogP contribution in [-0.2, 0) is 9.53 Å². The van der Waals surface area contributed by atoms with Crippen molar-refractivity contribution in [3.63, 3.8) is 0 Å². The number of carbonyl (C=O) groups excluding carboxylic acids is 1. The van der Waals surface area contributed by atoms with Crippen molar-refractivity contribution in [1.29, 1.82) is 0 Å². The van der Waals surface area contributed by atoms with Gasteiger partial charge in [-0.3, -0.25) is 4.79 Å². The van der Waals surface area contributed by atoms with Crippen LogP contribution in [0.4, 0.5) is 0 Å². The number of nitrogens with two attached hydrogens (primary N) is 1. The second-order valence-corrected chi connectivity index (χ2v) is 4.47. The lowest BCUT2D eigenvalue weighted by molar-refractivity contribution is -0.122. The third kappa shape index (κ3) is 8.44. The van der Waals surface area contributed by atoms with Crippen molar-refractivity contribution in [2.24, 2.45) is 5.73 Å². The predicted molar refractivity (Wildman–Crippen MR) is 74.5 cm³/mol. The Morgan fingerprint density at radius 2 is 2.11 bits per heavy atom. The molecule has 0 bridgehead atoms. The molecule has 0 aliphatic heterocycles. The molecule has 5 nitrogen and oxygen atoms in total. The van der Waals surface area contributed by atoms with Gasteiger partial charge in [-0.1, -0.05) is 13.8 Å². The van der Waals surface area contributed by atoms with Gasteiger partial charge in [-0.05, 0) is 32.4 Å². The van der Waals surface area contributed by atoms with Gasteiger partial charge >= 0.3 is 0 Å². The second-order valence-electron chi connectivity index (χ2n) is 4.47. The largest absolute Gasteiger partial charge is 0.385 e. The second kappa shape index (κ2) is 11.4. The summed E-state index contributed by atoms with van der Waals surface area (Å²) in [6, 6.07) is -0.415. The number of hydrogen-bond donors (Lipinski definition) is 2. The molecule has 0 spiro atoms. The molecule has 0 aliphatic carbocycles. The lowest BCUT2D eigenvalue weighted by atomic mass is 10.1. The molecule has 0 aromatic carbocycles. The first-order valence-electron chi connectivity index (χ1n) is 6.90. The van der Waals surface area contributed by atoms with Crippen LogP contribution in [0.1, 0.15) is 33.1 Å². The highest BCUT2D eigenvalue weighted by atomic mass is 16.5. The molecular weight excluding hydrogens is 230 g/mol. The molecule has 3 N–H and O–H groups in total. The Bertz CT molecular complexity index is 212. The minimum absolute atomic E-state index is 0.0568. The van der Waals surface area contributed by atoms with Crippen molar-refractivity contribution in [1.82, 2.24) is 10.2 Å². The van der Waals surface area contributed by atoms with Crippen LogP contribution in [-0.4, -0.2) is 56.7 Å². The number of ether oxygens (including phenoxy) is 1. The molecule has 5 heteroatoms. The number of hydrogen-bond acceptors (Lipinski definition) is 4. The van der Waals surface area contributed by atoms with Gasteiger partial charge in [0.05, 0.1) is 6.04 Å². The summed E-state index contributed by atoms with van der Waals surface area (Å²) in [6.45, 7) is 8.60. The number of nitrogens with zero attached hydrogens (tertiary/aromatic N) is 1. The van der Waals surface area contributed by atoms with E-state index in [9.17, 15) is 4.79 Å². The number of amides is 1. The van der Waals surface area contributed by atoms with Crippen LogP contribution in [0.3, 0.4) is 0 Å². The Morgan fingerprint density at radius 3 is 2.67 bits per heavy atom. The average molecular weight is 259 g/mol. The standard InChI is InChI=1S/C13H29N3O2/c1-4-9-16(5-2)10-8-15-13(17)12(14)7-6-11-18-3/h12H,4-11,14H2,1-3H3,(H,15,17). The maximum atomic E-state index is 11.7. The molecule has 0 fully saturated rings. The van der Waals surface area contributed by atoms with Crippen LogP contribution in [0.25, 0.3) is 0 Å². The van der Waals surface area contributed by atoms with E-state index in [4.69, 9.17) is 10.5 Å². The zero-order chi connectivity index (χ0) is 13.8. The summed E-state index contributed by atoms with van der Waals surface area (Å²) in [7, 11) is 1.65. The summed E-state index contributed by atoms with van der Waals surface area (Å²) in [4.78, 5) is 14.0. The van der Waals surface area contributed by atoms with Gasteiger partial charge in [0, 0.05) is 26.8 Å². The molecule has 0 aromatic rings. The van der Waals surface area contributed by atoms with Crippen LogP contribution in [0.15, 0.2) is 0 Å². The summed E-state index contributed by atoms with van der Waals surface area (Å²) in [5.74, 6) is -0.0568. The molecule has 0 aliphatic rings. The minimum atomic E-state index is -0.415. The highest BCUT2D eigenvalue weighted by Gasteiger charge is 2.12. The van der Waals surface area contributed by atoms with Gasteiger partial charge in [0.2, 0.25) is 5.91 Å². The molecule has 0 radical (unpaired) electrons. The minimum Gasteiger partial charge on any atom is -0.385 e. The fraction of sp³-hybridized carbons (Fsp3) is 0.923. The number of methoxy groups -OCH3 is 1. The molecule has 1 atom stereocenters. The van der Waals surface area contributed by atoms with E-state index >= 15 is 0 Å². The van der Waals surface area contributed by atoms with Crippen LogP contribution in [0.2, 0.25) is 0 Å². The van der Waals surface area contributed by atoms with Gasteiger partial charge in [-0.2, -0.15) is 0 Å². The maximum absolute atomic E-state index is 11.7. The Labute approximate surface area is 111 Å². The van der Waals surface area contributed by atoms with Gasteiger partial charge in [0.15, 0.2) is 0 Å². The number of nitrogens with one attached hydrogen (secondary N) is 1. The molecule has 0 aromatic heterocycles. The molecular formula is C13H29N3O2. The normalized spacial score (nSPS) is 12.7. The molecule has 1 unspecified atom stereocenters. The molecule has 0 saturated heterocycles. The maximum Gasteiger partial charge on any atom is 0.236 e. The molecule has 18 heavy (non-hydrogen) atoms. The van der Waals surface area contributed by atoms with Crippen molar-refractivity contribution in [2.45, 2.75) is 39.2 Å². The first-order valence-corrected chi connectivity index (χ1v) is 6.90. The monoisotopic (exact) mass is 259 g/mol. The Hall–Kier alpha value is -0.650. The van der Waals surface area contributed by atoms with E-state index in [1.807, 2.05) is 0 Å². The van der Waals surface area contributed by atoms with Crippen LogP contribution in [0.5, 0.6) is 0 Å². The zero-order valence-corrected chi connectivity index (χ0v) is 12.1. The van der Waals surface area contributed by atoms with Gasteiger partial charge in [-0.15, -0.1) is 0 Å². The summed E-state index contributed by atoms with van der Waals surface area (Å²) >= 11 is 0.